The number of allylic oxidation sites excluding steroid dienone is 2. The van der Waals surface area contributed by atoms with Crippen LogP contribution < -0.4 is 15.2 Å². The molecule has 170 valence electrons. The van der Waals surface area contributed by atoms with E-state index in [2.05, 4.69) is 39.8 Å². The molecule has 1 heterocycles. The van der Waals surface area contributed by atoms with Gasteiger partial charge in [0.15, 0.2) is 0 Å². The van der Waals surface area contributed by atoms with Crippen molar-refractivity contribution in [3.05, 3.63) is 34.9 Å². The summed E-state index contributed by atoms with van der Waals surface area (Å²) in [4.78, 5) is 23.6. The van der Waals surface area contributed by atoms with Crippen molar-refractivity contribution in [1.82, 2.24) is 0 Å². The summed E-state index contributed by atoms with van der Waals surface area (Å²) in [6.45, 7) is 8.70. The molecule has 0 fully saturated rings. The fraction of sp³-hybridized carbons (Fsp3) is 0.615. The summed E-state index contributed by atoms with van der Waals surface area (Å²) in [6, 6.07) is 4.17. The van der Waals surface area contributed by atoms with Gasteiger partial charge in [-0.25, -0.2) is 0 Å². The molecule has 2 aliphatic rings. The average molecular weight is 428 g/mol. The number of rotatable bonds is 9. The molecule has 1 amide bonds. The van der Waals surface area contributed by atoms with E-state index in [1.165, 1.54) is 5.57 Å². The normalized spacial score (nSPS) is 21.4. The Morgan fingerprint density at radius 2 is 1.97 bits per heavy atom. The fourth-order valence-corrected chi connectivity index (χ4v) is 4.95. The van der Waals surface area contributed by atoms with Gasteiger partial charge in [0, 0.05) is 30.2 Å². The van der Waals surface area contributed by atoms with Crippen LogP contribution in [0.25, 0.3) is 0 Å². The molecule has 0 aromatic heterocycles. The number of esters is 1. The first-order valence-corrected chi connectivity index (χ1v) is 11.7. The van der Waals surface area contributed by atoms with Gasteiger partial charge in [0.05, 0.1) is 0 Å². The summed E-state index contributed by atoms with van der Waals surface area (Å²) in [7, 11) is 0. The van der Waals surface area contributed by atoms with Crippen LogP contribution in [0.5, 0.6) is 11.5 Å². The number of aryl methyl sites for hydroxylation is 1. The lowest BCUT2D eigenvalue weighted by molar-refractivity contribution is -0.134. The molecular weight excluding hydrogens is 390 g/mol. The number of primary amides is 1. The zero-order valence-electron chi connectivity index (χ0n) is 19.5. The summed E-state index contributed by atoms with van der Waals surface area (Å²) in [6.07, 6.45) is 9.57. The minimum Gasteiger partial charge on any atom is -0.487 e. The van der Waals surface area contributed by atoms with Gasteiger partial charge in [-0.15, -0.1) is 0 Å². The number of carbonyl (C=O) groups is 2. The van der Waals surface area contributed by atoms with E-state index < -0.39 is 5.91 Å². The van der Waals surface area contributed by atoms with Gasteiger partial charge in [0.1, 0.15) is 17.1 Å². The van der Waals surface area contributed by atoms with Crippen molar-refractivity contribution in [3.8, 4) is 11.5 Å². The van der Waals surface area contributed by atoms with Crippen molar-refractivity contribution in [3.63, 3.8) is 0 Å². The van der Waals surface area contributed by atoms with Gasteiger partial charge in [-0.05, 0) is 70.6 Å². The van der Waals surface area contributed by atoms with E-state index in [1.807, 2.05) is 6.07 Å². The second-order valence-corrected chi connectivity index (χ2v) is 9.65. The molecule has 0 spiro atoms. The Morgan fingerprint density at radius 1 is 1.19 bits per heavy atom. The van der Waals surface area contributed by atoms with E-state index in [0.717, 1.165) is 55.4 Å². The highest BCUT2D eigenvalue weighted by molar-refractivity contribution is 5.76. The molecule has 5 heteroatoms. The molecule has 1 aromatic carbocycles. The number of nitrogens with two attached hydrogens (primary N) is 1. The predicted molar refractivity (Wildman–Crippen MR) is 122 cm³/mol. The molecule has 31 heavy (non-hydrogen) atoms. The van der Waals surface area contributed by atoms with Crippen LogP contribution in [0.4, 0.5) is 0 Å². The molecule has 2 atom stereocenters. The van der Waals surface area contributed by atoms with Crippen LogP contribution in [0.1, 0.15) is 96.1 Å². The van der Waals surface area contributed by atoms with Crippen molar-refractivity contribution in [2.75, 3.05) is 0 Å². The minimum atomic E-state index is -0.399. The third-order valence-electron chi connectivity index (χ3n) is 6.61. The topological polar surface area (TPSA) is 78.6 Å². The highest BCUT2D eigenvalue weighted by atomic mass is 16.5. The quantitative estimate of drug-likeness (QED) is 0.241. The first-order chi connectivity index (χ1) is 14.7. The lowest BCUT2D eigenvalue weighted by atomic mass is 9.68. The third-order valence-corrected chi connectivity index (χ3v) is 6.61. The molecule has 1 aliphatic heterocycles. The van der Waals surface area contributed by atoms with E-state index in [4.69, 9.17) is 15.2 Å². The summed E-state index contributed by atoms with van der Waals surface area (Å²) < 4.78 is 12.4. The highest BCUT2D eigenvalue weighted by Crippen LogP contribution is 2.53. The monoisotopic (exact) mass is 427 g/mol. The van der Waals surface area contributed by atoms with Crippen LogP contribution in [0.15, 0.2) is 23.8 Å². The van der Waals surface area contributed by atoms with Crippen LogP contribution in [-0.4, -0.2) is 17.5 Å². The molecule has 2 unspecified atom stereocenters. The number of unbranched alkanes of at least 4 members (excludes halogenated alkanes) is 2. The minimum absolute atomic E-state index is 0.172. The van der Waals surface area contributed by atoms with Crippen molar-refractivity contribution in [2.24, 2.45) is 11.7 Å². The second kappa shape index (κ2) is 9.88. The summed E-state index contributed by atoms with van der Waals surface area (Å²) >= 11 is 0. The van der Waals surface area contributed by atoms with Gasteiger partial charge < -0.3 is 15.2 Å². The largest absolute Gasteiger partial charge is 0.487 e. The van der Waals surface area contributed by atoms with Crippen molar-refractivity contribution in [1.29, 1.82) is 0 Å². The van der Waals surface area contributed by atoms with E-state index in [9.17, 15) is 9.59 Å². The molecule has 3 rings (SSSR count). The van der Waals surface area contributed by atoms with Crippen molar-refractivity contribution in [2.45, 2.75) is 97.0 Å². The van der Waals surface area contributed by atoms with Crippen LogP contribution >= 0.6 is 0 Å². The van der Waals surface area contributed by atoms with Crippen molar-refractivity contribution < 1.29 is 19.1 Å². The first kappa shape index (κ1) is 23.4. The zero-order chi connectivity index (χ0) is 22.6. The van der Waals surface area contributed by atoms with E-state index in [1.54, 1.807) is 0 Å². The summed E-state index contributed by atoms with van der Waals surface area (Å²) in [5.74, 6) is 1.24. The van der Waals surface area contributed by atoms with Crippen LogP contribution in [-0.2, 0) is 16.0 Å². The number of fused-ring (bicyclic) bond motifs is 3. The van der Waals surface area contributed by atoms with Gasteiger partial charge in [-0.3, -0.25) is 9.59 Å². The maximum absolute atomic E-state index is 12.6. The Kier molecular flexibility index (Phi) is 7.45. The zero-order valence-corrected chi connectivity index (χ0v) is 19.5. The Morgan fingerprint density at radius 3 is 2.68 bits per heavy atom. The lowest BCUT2D eigenvalue weighted by Gasteiger charge is -2.46. The van der Waals surface area contributed by atoms with Gasteiger partial charge in [0.25, 0.3) is 0 Å². The molecule has 2 N–H and O–H groups in total. The Balaban J connectivity index is 1.95. The van der Waals surface area contributed by atoms with Crippen LogP contribution in [0, 0.1) is 5.92 Å². The lowest BCUT2D eigenvalue weighted by Crippen LogP contribution is -2.45. The molecule has 1 aliphatic carbocycles. The predicted octanol–water partition coefficient (Wildman–Crippen LogP) is 5.59. The number of benzene rings is 1. The summed E-state index contributed by atoms with van der Waals surface area (Å²) in [5, 5.41) is 0. The molecule has 0 saturated heterocycles. The molecule has 5 nitrogen and oxygen atoms in total. The number of amides is 1. The van der Waals surface area contributed by atoms with Crippen LogP contribution in [0.3, 0.4) is 0 Å². The maximum Gasteiger partial charge on any atom is 0.311 e. The summed E-state index contributed by atoms with van der Waals surface area (Å²) in [5.41, 5.74) is 8.42. The Labute approximate surface area is 186 Å². The standard InChI is InChI=1S/C26H37NO4/c1-5-6-7-9-18-15-21(30-24(29)11-8-10-23(27)28)25-19-14-17(2)12-13-20(19)26(3,4)31-22(25)16-18/h14-16,19-20H,5-13H2,1-4H3,(H2,27,28). The smallest absolute Gasteiger partial charge is 0.311 e. The van der Waals surface area contributed by atoms with Crippen LogP contribution in [0.2, 0.25) is 0 Å². The van der Waals surface area contributed by atoms with Gasteiger partial charge in [-0.1, -0.05) is 31.4 Å². The molecule has 0 saturated carbocycles. The van der Waals surface area contributed by atoms with Gasteiger partial charge >= 0.3 is 5.97 Å². The third kappa shape index (κ3) is 5.69. The van der Waals surface area contributed by atoms with E-state index in [-0.39, 0.29) is 30.3 Å². The van der Waals surface area contributed by atoms with E-state index >= 15 is 0 Å². The second-order valence-electron chi connectivity index (χ2n) is 9.65. The maximum atomic E-state index is 12.6. The molecule has 1 aromatic rings. The first-order valence-electron chi connectivity index (χ1n) is 11.7. The van der Waals surface area contributed by atoms with Gasteiger partial charge in [0.2, 0.25) is 5.91 Å². The number of carbonyl (C=O) groups excluding carboxylic acids is 2. The fourth-order valence-electron chi connectivity index (χ4n) is 4.95. The Bertz CT molecular complexity index is 855. The van der Waals surface area contributed by atoms with Crippen molar-refractivity contribution >= 4 is 11.9 Å². The SMILES string of the molecule is CCCCCc1cc(OC(=O)CCCC(N)=O)c2c(c1)OC(C)(C)C1CCC(C)=CC21. The number of hydrogen-bond donors (Lipinski definition) is 1. The number of ether oxygens (including phenoxy) is 2. The average Bonchev–Trinajstić information content (AvgIpc) is 2.66. The highest BCUT2D eigenvalue weighted by Gasteiger charge is 2.45. The van der Waals surface area contributed by atoms with Gasteiger partial charge in [-0.2, -0.15) is 0 Å². The molecule has 0 radical (unpaired) electrons. The Hall–Kier alpha value is -2.30. The number of hydrogen-bond acceptors (Lipinski definition) is 4. The molecule has 0 bridgehead atoms. The molecular formula is C26H37NO4. The van der Waals surface area contributed by atoms with E-state index in [0.29, 0.717) is 18.1 Å².